The van der Waals surface area contributed by atoms with Crippen LogP contribution in [0.3, 0.4) is 0 Å². The highest BCUT2D eigenvalue weighted by molar-refractivity contribution is 5.87. The van der Waals surface area contributed by atoms with E-state index in [1.54, 1.807) is 36.7 Å². The Hall–Kier alpha value is -2.93. The molecule has 0 fully saturated rings. The fourth-order valence-electron chi connectivity index (χ4n) is 2.37. The first-order valence-corrected chi connectivity index (χ1v) is 8.07. The topological polar surface area (TPSA) is 97.8 Å². The monoisotopic (exact) mass is 358 g/mol. The molecule has 0 radical (unpaired) electrons. The molecular formula is C19H22N2O5. The first-order chi connectivity index (χ1) is 12.4. The van der Waals surface area contributed by atoms with Crippen molar-refractivity contribution in [3.8, 4) is 5.75 Å². The molecule has 2 aromatic rings. The van der Waals surface area contributed by atoms with Crippen LogP contribution < -0.4 is 10.1 Å². The zero-order valence-electron chi connectivity index (χ0n) is 14.8. The molecule has 1 atom stereocenters. The highest BCUT2D eigenvalue weighted by Crippen LogP contribution is 2.16. The summed E-state index contributed by atoms with van der Waals surface area (Å²) in [7, 11) is 1.39. The SMILES string of the molecule is COCC(C)(NC(=O)Cc1cccc(OCc2cccnc2)c1)C(=O)O. The van der Waals surface area contributed by atoms with Gasteiger partial charge in [0.05, 0.1) is 13.0 Å². The largest absolute Gasteiger partial charge is 0.489 e. The summed E-state index contributed by atoms with van der Waals surface area (Å²) in [6.07, 6.45) is 3.45. The van der Waals surface area contributed by atoms with Crippen molar-refractivity contribution in [1.29, 1.82) is 0 Å². The van der Waals surface area contributed by atoms with E-state index in [4.69, 9.17) is 9.47 Å². The Morgan fingerprint density at radius 2 is 2.00 bits per heavy atom. The van der Waals surface area contributed by atoms with Crippen LogP contribution in [0, 0.1) is 0 Å². The highest BCUT2D eigenvalue weighted by atomic mass is 16.5. The molecule has 7 nitrogen and oxygen atoms in total. The van der Waals surface area contributed by atoms with Crippen LogP contribution in [0.2, 0.25) is 0 Å². The Morgan fingerprint density at radius 3 is 2.65 bits per heavy atom. The summed E-state index contributed by atoms with van der Waals surface area (Å²) in [5.74, 6) is -0.936. The van der Waals surface area contributed by atoms with Crippen molar-refractivity contribution in [3.05, 3.63) is 59.9 Å². The van der Waals surface area contributed by atoms with Gasteiger partial charge in [-0.1, -0.05) is 18.2 Å². The van der Waals surface area contributed by atoms with Gasteiger partial charge in [-0.25, -0.2) is 4.79 Å². The Balaban J connectivity index is 1.97. The van der Waals surface area contributed by atoms with Crippen molar-refractivity contribution >= 4 is 11.9 Å². The number of aromatic nitrogens is 1. The van der Waals surface area contributed by atoms with Gasteiger partial charge in [0.15, 0.2) is 5.54 Å². The number of carbonyl (C=O) groups is 2. The molecule has 1 unspecified atom stereocenters. The molecule has 0 bridgehead atoms. The van der Waals surface area contributed by atoms with E-state index >= 15 is 0 Å². The quantitative estimate of drug-likeness (QED) is 0.709. The molecule has 1 heterocycles. The third-order valence-electron chi connectivity index (χ3n) is 3.71. The summed E-state index contributed by atoms with van der Waals surface area (Å²) in [5, 5.41) is 11.8. The molecule has 0 aliphatic carbocycles. The van der Waals surface area contributed by atoms with E-state index in [9.17, 15) is 14.7 Å². The number of rotatable bonds is 9. The number of carbonyl (C=O) groups excluding carboxylic acids is 1. The Morgan fingerprint density at radius 1 is 1.23 bits per heavy atom. The second-order valence-electron chi connectivity index (χ2n) is 6.09. The minimum Gasteiger partial charge on any atom is -0.489 e. The molecule has 1 amide bonds. The number of methoxy groups -OCH3 is 1. The van der Waals surface area contributed by atoms with Gasteiger partial charge in [0.25, 0.3) is 0 Å². The molecule has 0 saturated heterocycles. The maximum atomic E-state index is 12.2. The number of ether oxygens (including phenoxy) is 2. The van der Waals surface area contributed by atoms with E-state index in [0.29, 0.717) is 12.4 Å². The maximum Gasteiger partial charge on any atom is 0.331 e. The van der Waals surface area contributed by atoms with Crippen molar-refractivity contribution in [2.75, 3.05) is 13.7 Å². The lowest BCUT2D eigenvalue weighted by Crippen LogP contribution is -2.55. The molecule has 7 heteroatoms. The van der Waals surface area contributed by atoms with Crippen LogP contribution in [0.25, 0.3) is 0 Å². The smallest absolute Gasteiger partial charge is 0.331 e. The molecule has 0 saturated carbocycles. The van der Waals surface area contributed by atoms with Crippen molar-refractivity contribution in [2.45, 2.75) is 25.5 Å². The number of amides is 1. The minimum absolute atomic E-state index is 0.0384. The van der Waals surface area contributed by atoms with E-state index in [0.717, 1.165) is 11.1 Å². The fourth-order valence-corrected chi connectivity index (χ4v) is 2.37. The number of carboxylic acid groups (broad SMARTS) is 1. The summed E-state index contributed by atoms with van der Waals surface area (Å²) in [5.41, 5.74) is 0.184. The predicted octanol–water partition coefficient (Wildman–Crippen LogP) is 1.81. The van der Waals surface area contributed by atoms with Crippen LogP contribution in [0.15, 0.2) is 48.8 Å². The number of hydrogen-bond donors (Lipinski definition) is 2. The van der Waals surface area contributed by atoms with Crippen molar-refractivity contribution < 1.29 is 24.2 Å². The van der Waals surface area contributed by atoms with E-state index in [2.05, 4.69) is 10.3 Å². The Bertz CT molecular complexity index is 751. The number of nitrogens with zero attached hydrogens (tertiary/aromatic N) is 1. The molecule has 0 aliphatic heterocycles. The number of carboxylic acids is 1. The zero-order chi connectivity index (χ0) is 19.0. The van der Waals surface area contributed by atoms with Gasteiger partial charge < -0.3 is 19.9 Å². The molecule has 0 spiro atoms. The highest BCUT2D eigenvalue weighted by Gasteiger charge is 2.34. The van der Waals surface area contributed by atoms with Crippen molar-refractivity contribution in [3.63, 3.8) is 0 Å². The molecule has 2 rings (SSSR count). The minimum atomic E-state index is -1.47. The van der Waals surface area contributed by atoms with Gasteiger partial charge in [-0.05, 0) is 30.7 Å². The van der Waals surface area contributed by atoms with Crippen molar-refractivity contribution in [2.24, 2.45) is 0 Å². The lowest BCUT2D eigenvalue weighted by Gasteiger charge is -2.25. The van der Waals surface area contributed by atoms with Crippen LogP contribution in [-0.2, 0) is 27.4 Å². The van der Waals surface area contributed by atoms with E-state index < -0.39 is 17.4 Å². The normalized spacial score (nSPS) is 12.8. The third-order valence-corrected chi connectivity index (χ3v) is 3.71. The summed E-state index contributed by atoms with van der Waals surface area (Å²) in [4.78, 5) is 27.6. The molecule has 138 valence electrons. The van der Waals surface area contributed by atoms with E-state index in [1.165, 1.54) is 14.0 Å². The second-order valence-corrected chi connectivity index (χ2v) is 6.09. The van der Waals surface area contributed by atoms with Gasteiger partial charge in [-0.15, -0.1) is 0 Å². The first-order valence-electron chi connectivity index (χ1n) is 8.07. The standard InChI is InChI=1S/C19H22N2O5/c1-19(13-25-2,18(23)24)21-17(22)10-14-5-3-7-16(9-14)26-12-15-6-4-8-20-11-15/h3-9,11H,10,12-13H2,1-2H3,(H,21,22)(H,23,24). The predicted molar refractivity (Wildman–Crippen MR) is 94.8 cm³/mol. The number of benzene rings is 1. The summed E-state index contributed by atoms with van der Waals surface area (Å²) < 4.78 is 10.6. The van der Waals surface area contributed by atoms with Gasteiger partial charge in [0, 0.05) is 25.1 Å². The Labute approximate surface area is 152 Å². The molecule has 1 aromatic carbocycles. The summed E-state index contributed by atoms with van der Waals surface area (Å²) in [6.45, 7) is 1.65. The van der Waals surface area contributed by atoms with Gasteiger partial charge in [-0.2, -0.15) is 0 Å². The average molecular weight is 358 g/mol. The van der Waals surface area contributed by atoms with Gasteiger partial charge in [-0.3, -0.25) is 9.78 Å². The third kappa shape index (κ3) is 5.56. The fraction of sp³-hybridized carbons (Fsp3) is 0.316. The van der Waals surface area contributed by atoms with Crippen LogP contribution >= 0.6 is 0 Å². The lowest BCUT2D eigenvalue weighted by molar-refractivity contribution is -0.149. The Kier molecular flexibility index (Phi) is 6.68. The number of hydrogen-bond acceptors (Lipinski definition) is 5. The average Bonchev–Trinajstić information content (AvgIpc) is 2.61. The lowest BCUT2D eigenvalue weighted by atomic mass is 10.0. The molecule has 26 heavy (non-hydrogen) atoms. The maximum absolute atomic E-state index is 12.2. The molecular weight excluding hydrogens is 336 g/mol. The summed E-state index contributed by atoms with van der Waals surface area (Å²) in [6, 6.07) is 10.9. The van der Waals surface area contributed by atoms with Gasteiger partial charge in [0.2, 0.25) is 5.91 Å². The number of pyridine rings is 1. The van der Waals surface area contributed by atoms with Crippen LogP contribution in [0.5, 0.6) is 5.75 Å². The molecule has 0 aliphatic rings. The second kappa shape index (κ2) is 8.96. The van der Waals surface area contributed by atoms with Crippen LogP contribution in [0.4, 0.5) is 0 Å². The van der Waals surface area contributed by atoms with Crippen LogP contribution in [-0.4, -0.2) is 41.2 Å². The van der Waals surface area contributed by atoms with E-state index in [-0.39, 0.29) is 13.0 Å². The number of aliphatic carboxylic acids is 1. The van der Waals surface area contributed by atoms with Gasteiger partial charge >= 0.3 is 5.97 Å². The zero-order valence-corrected chi connectivity index (χ0v) is 14.8. The molecule has 2 N–H and O–H groups in total. The summed E-state index contributed by atoms with van der Waals surface area (Å²) >= 11 is 0. The van der Waals surface area contributed by atoms with Crippen LogP contribution in [0.1, 0.15) is 18.1 Å². The van der Waals surface area contributed by atoms with Crippen molar-refractivity contribution in [1.82, 2.24) is 10.3 Å². The molecule has 1 aromatic heterocycles. The van der Waals surface area contributed by atoms with Gasteiger partial charge in [0.1, 0.15) is 12.4 Å². The van der Waals surface area contributed by atoms with E-state index in [1.807, 2.05) is 12.1 Å². The number of nitrogens with one attached hydrogen (secondary N) is 1. The first kappa shape index (κ1) is 19.4.